The van der Waals surface area contributed by atoms with E-state index in [0.29, 0.717) is 16.7 Å². The number of hydrogen-bond acceptors (Lipinski definition) is 5. The van der Waals surface area contributed by atoms with Gasteiger partial charge in [-0.2, -0.15) is 5.10 Å². The maximum atomic E-state index is 12.2. The van der Waals surface area contributed by atoms with Crippen LogP contribution in [0.1, 0.15) is 5.82 Å². The van der Waals surface area contributed by atoms with E-state index in [4.69, 9.17) is 5.73 Å². The van der Waals surface area contributed by atoms with E-state index in [1.807, 2.05) is 0 Å². The normalized spacial score (nSPS) is 12.9. The first-order valence-corrected chi connectivity index (χ1v) is 6.92. The summed E-state index contributed by atoms with van der Waals surface area (Å²) in [4.78, 5) is 11.4. The number of aromatic amines is 1. The molecular weight excluding hydrogens is 264 g/mol. The number of benzene rings is 1. The molecule has 0 aliphatic carbocycles. The molecule has 0 aliphatic rings. The Bertz CT molecular complexity index is 761. The molecule has 0 fully saturated rings. The predicted octanol–water partition coefficient (Wildman–Crippen LogP) is 0.581. The quantitative estimate of drug-likeness (QED) is 0.681. The Morgan fingerprint density at radius 3 is 3.05 bits per heavy atom. The van der Waals surface area contributed by atoms with E-state index in [9.17, 15) is 4.21 Å². The van der Waals surface area contributed by atoms with E-state index in [1.165, 1.54) is 6.33 Å². The second-order valence-electron chi connectivity index (χ2n) is 4.11. The lowest BCUT2D eigenvalue weighted by Gasteiger charge is -1.98. The minimum Gasteiger partial charge on any atom is -0.399 e. The molecule has 19 heavy (non-hydrogen) atoms. The highest BCUT2D eigenvalue weighted by Crippen LogP contribution is 2.17. The Labute approximate surface area is 111 Å². The van der Waals surface area contributed by atoms with Gasteiger partial charge in [-0.15, -0.1) is 0 Å². The summed E-state index contributed by atoms with van der Waals surface area (Å²) in [5.41, 5.74) is 7.86. The maximum Gasteiger partial charge on any atom is 0.197 e. The van der Waals surface area contributed by atoms with Gasteiger partial charge in [0.25, 0.3) is 0 Å². The van der Waals surface area contributed by atoms with Crippen molar-refractivity contribution < 1.29 is 4.21 Å². The van der Waals surface area contributed by atoms with E-state index >= 15 is 0 Å². The molecule has 2 aromatic heterocycles. The molecule has 3 aromatic rings. The number of nitrogens with two attached hydrogens (primary N) is 1. The molecule has 0 amide bonds. The molecule has 1 aromatic carbocycles. The van der Waals surface area contributed by atoms with E-state index in [2.05, 4.69) is 20.1 Å². The van der Waals surface area contributed by atoms with Gasteiger partial charge in [-0.3, -0.25) is 8.89 Å². The van der Waals surface area contributed by atoms with Crippen LogP contribution in [0.3, 0.4) is 0 Å². The number of nitrogen functional groups attached to an aromatic ring is 1. The largest absolute Gasteiger partial charge is 0.399 e. The SMILES string of the molecule is Cn1ncnc1CS(=O)c1nc2ccc(N)cc2[nH]1. The fourth-order valence-electron chi connectivity index (χ4n) is 1.75. The van der Waals surface area contributed by atoms with Crippen LogP contribution in [0.5, 0.6) is 0 Å². The lowest BCUT2D eigenvalue weighted by atomic mass is 10.3. The van der Waals surface area contributed by atoms with Crippen LogP contribution in [-0.4, -0.2) is 28.9 Å². The monoisotopic (exact) mass is 276 g/mol. The molecule has 3 N–H and O–H groups in total. The molecule has 2 heterocycles. The summed E-state index contributed by atoms with van der Waals surface area (Å²) < 4.78 is 13.8. The molecule has 8 heteroatoms. The van der Waals surface area contributed by atoms with Gasteiger partial charge in [0.2, 0.25) is 0 Å². The van der Waals surface area contributed by atoms with E-state index in [-0.39, 0.29) is 5.75 Å². The van der Waals surface area contributed by atoms with Crippen LogP contribution < -0.4 is 5.73 Å². The molecule has 0 saturated carbocycles. The number of hydrogen-bond donors (Lipinski definition) is 2. The molecule has 1 unspecified atom stereocenters. The number of aryl methyl sites for hydroxylation is 1. The highest BCUT2D eigenvalue weighted by molar-refractivity contribution is 7.84. The minimum atomic E-state index is -1.29. The van der Waals surface area contributed by atoms with Gasteiger partial charge >= 0.3 is 0 Å². The van der Waals surface area contributed by atoms with Crippen LogP contribution in [0.25, 0.3) is 11.0 Å². The molecule has 1 atom stereocenters. The third-order valence-electron chi connectivity index (χ3n) is 2.77. The molecule has 7 nitrogen and oxygen atoms in total. The predicted molar refractivity (Wildman–Crippen MR) is 71.6 cm³/mol. The Hall–Kier alpha value is -2.22. The van der Waals surface area contributed by atoms with Crippen LogP contribution in [-0.2, 0) is 23.6 Å². The molecule has 0 radical (unpaired) electrons. The van der Waals surface area contributed by atoms with Gasteiger partial charge in [-0.25, -0.2) is 9.97 Å². The number of aromatic nitrogens is 5. The number of imidazole rings is 1. The van der Waals surface area contributed by atoms with Crippen LogP contribution in [0.2, 0.25) is 0 Å². The first-order chi connectivity index (χ1) is 9.13. The average Bonchev–Trinajstić information content (AvgIpc) is 2.96. The number of anilines is 1. The smallest absolute Gasteiger partial charge is 0.197 e. The molecule has 0 spiro atoms. The van der Waals surface area contributed by atoms with Crippen LogP contribution in [0.15, 0.2) is 29.7 Å². The fourth-order valence-corrected chi connectivity index (χ4v) is 2.80. The van der Waals surface area contributed by atoms with Gasteiger partial charge in [-0.05, 0) is 18.2 Å². The summed E-state index contributed by atoms with van der Waals surface area (Å²) >= 11 is 0. The lowest BCUT2D eigenvalue weighted by Crippen LogP contribution is -2.05. The summed E-state index contributed by atoms with van der Waals surface area (Å²) in [7, 11) is 0.470. The van der Waals surface area contributed by atoms with Crippen molar-refractivity contribution in [1.82, 2.24) is 24.7 Å². The van der Waals surface area contributed by atoms with E-state index in [0.717, 1.165) is 11.0 Å². The lowest BCUT2D eigenvalue weighted by molar-refractivity contribution is 0.670. The van der Waals surface area contributed by atoms with Gasteiger partial charge in [0, 0.05) is 12.7 Å². The van der Waals surface area contributed by atoms with Crippen molar-refractivity contribution in [3.8, 4) is 0 Å². The minimum absolute atomic E-state index is 0.270. The zero-order valence-electron chi connectivity index (χ0n) is 10.2. The van der Waals surface area contributed by atoms with Gasteiger partial charge in [0.1, 0.15) is 12.2 Å². The molecule has 0 bridgehead atoms. The first kappa shape index (κ1) is 11.8. The second kappa shape index (κ2) is 4.47. The maximum absolute atomic E-state index is 12.2. The van der Waals surface area contributed by atoms with Crippen LogP contribution in [0, 0.1) is 0 Å². The number of nitrogens with one attached hydrogen (secondary N) is 1. The first-order valence-electron chi connectivity index (χ1n) is 5.60. The summed E-state index contributed by atoms with van der Waals surface area (Å²) in [6.45, 7) is 0. The van der Waals surface area contributed by atoms with Crippen LogP contribution in [0.4, 0.5) is 5.69 Å². The summed E-state index contributed by atoms with van der Waals surface area (Å²) in [6.07, 6.45) is 1.44. The van der Waals surface area contributed by atoms with Crippen molar-refractivity contribution in [1.29, 1.82) is 0 Å². The van der Waals surface area contributed by atoms with Crippen molar-refractivity contribution in [3.05, 3.63) is 30.4 Å². The van der Waals surface area contributed by atoms with Crippen molar-refractivity contribution in [2.75, 3.05) is 5.73 Å². The van der Waals surface area contributed by atoms with E-state index < -0.39 is 10.8 Å². The molecule has 0 aliphatic heterocycles. The highest BCUT2D eigenvalue weighted by atomic mass is 32.2. The number of fused-ring (bicyclic) bond motifs is 1. The van der Waals surface area contributed by atoms with Crippen LogP contribution >= 0.6 is 0 Å². The van der Waals surface area contributed by atoms with Crippen molar-refractivity contribution in [3.63, 3.8) is 0 Å². The standard InChI is InChI=1S/C11H12N6OS/c1-17-10(13-6-14-17)5-19(18)11-15-8-3-2-7(12)4-9(8)16-11/h2-4,6H,5,12H2,1H3,(H,15,16). The number of rotatable bonds is 3. The third kappa shape index (κ3) is 2.22. The Balaban J connectivity index is 1.91. The second-order valence-corrected chi connectivity index (χ2v) is 5.47. The highest BCUT2D eigenvalue weighted by Gasteiger charge is 2.13. The Morgan fingerprint density at radius 2 is 2.32 bits per heavy atom. The van der Waals surface area contributed by atoms with Crippen molar-refractivity contribution >= 4 is 27.5 Å². The van der Waals surface area contributed by atoms with Gasteiger partial charge in [0.15, 0.2) is 5.16 Å². The van der Waals surface area contributed by atoms with E-state index in [1.54, 1.807) is 29.9 Å². The van der Waals surface area contributed by atoms with Gasteiger partial charge in [0.05, 0.1) is 27.6 Å². The zero-order valence-corrected chi connectivity index (χ0v) is 11.0. The third-order valence-corrected chi connectivity index (χ3v) is 3.91. The molecule has 98 valence electrons. The molecule has 3 rings (SSSR count). The summed E-state index contributed by atoms with van der Waals surface area (Å²) in [6, 6.07) is 5.33. The summed E-state index contributed by atoms with van der Waals surface area (Å²) in [5.74, 6) is 0.921. The topological polar surface area (TPSA) is 102 Å². The Kier molecular flexibility index (Phi) is 2.79. The fraction of sp³-hybridized carbons (Fsp3) is 0.182. The molecular formula is C11H12N6OS. The van der Waals surface area contributed by atoms with Crippen molar-refractivity contribution in [2.45, 2.75) is 10.9 Å². The zero-order chi connectivity index (χ0) is 13.4. The summed E-state index contributed by atoms with van der Waals surface area (Å²) in [5, 5.41) is 4.36. The number of nitrogens with zero attached hydrogens (tertiary/aromatic N) is 4. The Morgan fingerprint density at radius 1 is 1.47 bits per heavy atom. The molecule has 0 saturated heterocycles. The van der Waals surface area contributed by atoms with Gasteiger partial charge < -0.3 is 10.7 Å². The van der Waals surface area contributed by atoms with Crippen molar-refractivity contribution in [2.24, 2.45) is 7.05 Å². The number of H-pyrrole nitrogens is 1. The van der Waals surface area contributed by atoms with Gasteiger partial charge in [-0.1, -0.05) is 0 Å². The average molecular weight is 276 g/mol.